The Morgan fingerprint density at radius 1 is 1.32 bits per heavy atom. The van der Waals surface area contributed by atoms with Crippen molar-refractivity contribution in [3.05, 3.63) is 59.7 Å². The topological polar surface area (TPSA) is 20.3 Å². The Morgan fingerprint density at radius 2 is 2.00 bits per heavy atom. The minimum Gasteiger partial charge on any atom is -0.337 e. The number of carbonyl (C=O) groups excluding carboxylic acids is 1. The van der Waals surface area contributed by atoms with Crippen LogP contribution in [0.5, 0.6) is 0 Å². The Kier molecular flexibility index (Phi) is 7.31. The number of amides is 1. The molecule has 1 aromatic rings. The van der Waals surface area contributed by atoms with E-state index in [4.69, 9.17) is 11.6 Å². The van der Waals surface area contributed by atoms with Gasteiger partial charge in [-0.3, -0.25) is 4.79 Å². The van der Waals surface area contributed by atoms with Gasteiger partial charge < -0.3 is 4.90 Å². The van der Waals surface area contributed by atoms with Crippen molar-refractivity contribution in [1.82, 2.24) is 4.90 Å². The first kappa shape index (κ1) is 19.8. The summed E-state index contributed by atoms with van der Waals surface area (Å²) in [5, 5.41) is -0.618. The normalized spacial score (nSPS) is 18.6. The number of rotatable bonds is 7. The van der Waals surface area contributed by atoms with Gasteiger partial charge in [-0.2, -0.15) is 0 Å². The van der Waals surface area contributed by atoms with E-state index in [0.717, 1.165) is 31.4 Å². The van der Waals surface area contributed by atoms with Gasteiger partial charge in [0.1, 0.15) is 5.38 Å². The molecule has 0 spiro atoms. The molecule has 0 fully saturated rings. The highest BCUT2D eigenvalue weighted by molar-refractivity contribution is 6.30. The lowest BCUT2D eigenvalue weighted by Gasteiger charge is -2.30. The van der Waals surface area contributed by atoms with Crippen molar-refractivity contribution in [1.29, 1.82) is 0 Å². The van der Waals surface area contributed by atoms with E-state index in [9.17, 15) is 4.79 Å². The third kappa shape index (κ3) is 5.74. The number of hydrogen-bond acceptors (Lipinski definition) is 1. The molecule has 3 heteroatoms. The molecule has 0 aromatic heterocycles. The van der Waals surface area contributed by atoms with Gasteiger partial charge in [0.15, 0.2) is 0 Å². The molecule has 0 saturated carbocycles. The maximum atomic E-state index is 13.0. The monoisotopic (exact) mass is 359 g/mol. The molecule has 2 atom stereocenters. The molecule has 0 saturated heterocycles. The highest BCUT2D eigenvalue weighted by Crippen LogP contribution is 2.30. The molecule has 2 nitrogen and oxygen atoms in total. The van der Waals surface area contributed by atoms with Crippen molar-refractivity contribution < 1.29 is 4.79 Å². The van der Waals surface area contributed by atoms with Crippen LogP contribution in [-0.4, -0.2) is 23.9 Å². The summed E-state index contributed by atoms with van der Waals surface area (Å²) < 4.78 is 0. The van der Waals surface area contributed by atoms with Crippen LogP contribution in [0.1, 0.15) is 51.0 Å². The summed E-state index contributed by atoms with van der Waals surface area (Å²) in [6.45, 7) is 11.9. The highest BCUT2D eigenvalue weighted by Gasteiger charge is 2.26. The van der Waals surface area contributed by atoms with Crippen molar-refractivity contribution in [2.75, 3.05) is 13.1 Å². The first-order valence-corrected chi connectivity index (χ1v) is 9.63. The molecule has 136 valence electrons. The largest absolute Gasteiger partial charge is 0.337 e. The lowest BCUT2D eigenvalue weighted by molar-refractivity contribution is -0.131. The number of carbonyl (C=O) groups is 1. The Balaban J connectivity index is 2.08. The van der Waals surface area contributed by atoms with Crippen LogP contribution in [0.4, 0.5) is 0 Å². The molecule has 2 rings (SSSR count). The predicted molar refractivity (Wildman–Crippen MR) is 107 cm³/mol. The lowest BCUT2D eigenvalue weighted by Crippen LogP contribution is -2.38. The van der Waals surface area contributed by atoms with E-state index < -0.39 is 5.38 Å². The van der Waals surface area contributed by atoms with E-state index >= 15 is 0 Å². The second-order valence-electron chi connectivity index (χ2n) is 7.57. The second-order valence-corrected chi connectivity index (χ2v) is 8.00. The van der Waals surface area contributed by atoms with Crippen LogP contribution in [0.3, 0.4) is 0 Å². The average molecular weight is 360 g/mol. The van der Waals surface area contributed by atoms with E-state index in [2.05, 4.69) is 33.4 Å². The smallest absolute Gasteiger partial charge is 0.245 e. The summed E-state index contributed by atoms with van der Waals surface area (Å²) >= 11 is 6.50. The van der Waals surface area contributed by atoms with Gasteiger partial charge in [0, 0.05) is 13.1 Å². The zero-order valence-electron chi connectivity index (χ0n) is 15.7. The van der Waals surface area contributed by atoms with Gasteiger partial charge in [0.2, 0.25) is 5.91 Å². The molecule has 0 N–H and O–H groups in total. The molecule has 0 radical (unpaired) electrons. The minimum absolute atomic E-state index is 0.00416. The third-order valence-electron chi connectivity index (χ3n) is 4.80. The second kappa shape index (κ2) is 9.24. The summed E-state index contributed by atoms with van der Waals surface area (Å²) in [6.07, 6.45) is 5.51. The molecule has 1 aliphatic carbocycles. The zero-order chi connectivity index (χ0) is 18.4. The van der Waals surface area contributed by atoms with E-state index in [1.165, 1.54) is 11.1 Å². The number of benzene rings is 1. The first-order valence-electron chi connectivity index (χ1n) is 9.19. The van der Waals surface area contributed by atoms with Gasteiger partial charge in [0.05, 0.1) is 0 Å². The Morgan fingerprint density at radius 3 is 2.52 bits per heavy atom. The number of allylic oxidation sites excluding steroid dienone is 2. The maximum Gasteiger partial charge on any atom is 0.245 e. The number of nitrogens with zero attached hydrogens (tertiary/aromatic N) is 1. The summed E-state index contributed by atoms with van der Waals surface area (Å²) in [4.78, 5) is 14.9. The van der Waals surface area contributed by atoms with Crippen molar-refractivity contribution >= 4 is 17.5 Å². The third-order valence-corrected chi connectivity index (χ3v) is 5.24. The van der Waals surface area contributed by atoms with Gasteiger partial charge in [-0.15, -0.1) is 11.6 Å². The summed E-state index contributed by atoms with van der Waals surface area (Å²) in [5.41, 5.74) is 3.47. The lowest BCUT2D eigenvalue weighted by atomic mass is 9.85. The van der Waals surface area contributed by atoms with Crippen LogP contribution in [0, 0.1) is 11.8 Å². The minimum atomic E-state index is -0.618. The number of alkyl halides is 1. The molecule has 0 bridgehead atoms. The molecule has 0 heterocycles. The Labute approximate surface area is 157 Å². The van der Waals surface area contributed by atoms with Gasteiger partial charge in [0.25, 0.3) is 0 Å². The van der Waals surface area contributed by atoms with E-state index in [0.29, 0.717) is 18.4 Å². The maximum absolute atomic E-state index is 13.0. The molecule has 1 aromatic carbocycles. The molecule has 25 heavy (non-hydrogen) atoms. The molecular weight excluding hydrogens is 330 g/mol. The number of hydrogen-bond donors (Lipinski definition) is 0. The van der Waals surface area contributed by atoms with Crippen LogP contribution in [-0.2, 0) is 4.79 Å². The van der Waals surface area contributed by atoms with E-state index in [1.807, 2.05) is 35.2 Å². The average Bonchev–Trinajstić information content (AvgIpc) is 2.60. The zero-order valence-corrected chi connectivity index (χ0v) is 16.4. The van der Waals surface area contributed by atoms with Crippen LogP contribution >= 0.6 is 11.6 Å². The van der Waals surface area contributed by atoms with Gasteiger partial charge in [-0.25, -0.2) is 0 Å². The Bertz CT molecular complexity index is 620. The summed E-state index contributed by atoms with van der Waals surface area (Å²) in [6, 6.07) is 9.62. The predicted octanol–water partition coefficient (Wildman–Crippen LogP) is 5.75. The van der Waals surface area contributed by atoms with Crippen LogP contribution in [0.25, 0.3) is 0 Å². The van der Waals surface area contributed by atoms with Crippen LogP contribution < -0.4 is 0 Å². The number of halogens is 1. The summed E-state index contributed by atoms with van der Waals surface area (Å²) in [7, 11) is 0. The van der Waals surface area contributed by atoms with E-state index in [1.54, 1.807) is 0 Å². The van der Waals surface area contributed by atoms with Gasteiger partial charge in [-0.1, -0.05) is 68.0 Å². The quantitative estimate of drug-likeness (QED) is 0.448. The fourth-order valence-corrected chi connectivity index (χ4v) is 3.61. The molecule has 1 aliphatic rings. The Hall–Kier alpha value is -1.54. The summed E-state index contributed by atoms with van der Waals surface area (Å²) in [5.74, 6) is 1.00. The first-order chi connectivity index (χ1) is 11.9. The molecule has 0 aliphatic heterocycles. The van der Waals surface area contributed by atoms with Crippen LogP contribution in [0.2, 0.25) is 0 Å². The van der Waals surface area contributed by atoms with Gasteiger partial charge >= 0.3 is 0 Å². The van der Waals surface area contributed by atoms with Crippen LogP contribution in [0.15, 0.2) is 54.1 Å². The molecular formula is C22H30ClNO. The fraction of sp³-hybridized carbons (Fsp3) is 0.500. The highest BCUT2D eigenvalue weighted by atomic mass is 35.5. The fourth-order valence-electron chi connectivity index (χ4n) is 3.32. The molecule has 2 unspecified atom stereocenters. The standard InChI is InChI=1S/C22H30ClNO/c1-16(2)14-24(15-18-10-12-19(13-11-18)17(3)4)22(25)21(23)20-8-6-5-7-9-20/h5-10,16,19,21H,3,11-15H2,1-2,4H3. The van der Waals surface area contributed by atoms with Crippen molar-refractivity contribution in [3.63, 3.8) is 0 Å². The van der Waals surface area contributed by atoms with Crippen molar-refractivity contribution in [3.8, 4) is 0 Å². The van der Waals surface area contributed by atoms with Gasteiger partial charge in [-0.05, 0) is 43.6 Å². The van der Waals surface area contributed by atoms with Crippen molar-refractivity contribution in [2.24, 2.45) is 11.8 Å². The SMILES string of the molecule is C=C(C)C1CC=C(CN(CC(C)C)C(=O)C(Cl)c2ccccc2)CC1. The van der Waals surface area contributed by atoms with Crippen molar-refractivity contribution in [2.45, 2.75) is 45.4 Å². The van der Waals surface area contributed by atoms with E-state index in [-0.39, 0.29) is 5.91 Å². The molecule has 1 amide bonds.